The molecule has 1 amide bonds. The van der Waals surface area contributed by atoms with Crippen LogP contribution in [0, 0.1) is 0 Å². The number of benzene rings is 1. The van der Waals surface area contributed by atoms with Gasteiger partial charge in [-0.2, -0.15) is 8.78 Å². The molecular formula is C16H19ClF4N2O2. The van der Waals surface area contributed by atoms with E-state index >= 15 is 0 Å². The van der Waals surface area contributed by atoms with Gasteiger partial charge in [-0.3, -0.25) is 10.1 Å². The lowest BCUT2D eigenvalue weighted by molar-refractivity contribution is -0.124. The first-order valence-corrected chi connectivity index (χ1v) is 7.83. The highest BCUT2D eigenvalue weighted by molar-refractivity contribution is 5.85. The number of alkyl halides is 4. The zero-order valence-electron chi connectivity index (χ0n) is 13.2. The van der Waals surface area contributed by atoms with E-state index in [1.54, 1.807) is 12.1 Å². The number of nitrogens with one attached hydrogen (secondary N) is 2. The Labute approximate surface area is 148 Å². The average molecular weight is 383 g/mol. The van der Waals surface area contributed by atoms with Gasteiger partial charge in [0.1, 0.15) is 5.75 Å². The quantitative estimate of drug-likeness (QED) is 0.786. The summed E-state index contributed by atoms with van der Waals surface area (Å²) < 4.78 is 55.4. The predicted octanol–water partition coefficient (Wildman–Crippen LogP) is 3.20. The minimum Gasteiger partial charge on any atom is -0.435 e. The Kier molecular flexibility index (Phi) is 6.16. The first kappa shape index (κ1) is 19.8. The molecule has 1 aromatic carbocycles. The monoisotopic (exact) mass is 382 g/mol. The van der Waals surface area contributed by atoms with Crippen LogP contribution in [-0.2, 0) is 11.2 Å². The van der Waals surface area contributed by atoms with Crippen LogP contribution >= 0.6 is 12.4 Å². The summed E-state index contributed by atoms with van der Waals surface area (Å²) >= 11 is 0. The molecule has 1 heterocycles. The van der Waals surface area contributed by atoms with E-state index in [-0.39, 0.29) is 24.2 Å². The zero-order valence-corrected chi connectivity index (χ0v) is 14.1. The molecule has 1 saturated heterocycles. The molecule has 0 aromatic heterocycles. The summed E-state index contributed by atoms with van der Waals surface area (Å²) in [5.74, 6) is -3.25. The molecule has 2 N–H and O–H groups in total. The number of carbonyl (C=O) groups excluding carboxylic acids is 1. The number of fused-ring (bicyclic) bond motifs is 1. The van der Waals surface area contributed by atoms with Gasteiger partial charge in [0, 0.05) is 6.42 Å². The molecule has 9 heteroatoms. The van der Waals surface area contributed by atoms with Gasteiger partial charge in [0.05, 0.1) is 18.6 Å². The first-order valence-electron chi connectivity index (χ1n) is 7.83. The third kappa shape index (κ3) is 4.76. The van der Waals surface area contributed by atoms with E-state index in [0.29, 0.717) is 12.8 Å². The molecular weight excluding hydrogens is 364 g/mol. The molecule has 2 unspecified atom stereocenters. The number of aryl methyl sites for hydroxylation is 1. The minimum absolute atomic E-state index is 0. The fraction of sp³-hybridized carbons (Fsp3) is 0.562. The summed E-state index contributed by atoms with van der Waals surface area (Å²) in [6.45, 7) is -3.39. The normalized spacial score (nSPS) is 24.4. The highest BCUT2D eigenvalue weighted by Gasteiger charge is 2.42. The molecule has 25 heavy (non-hydrogen) atoms. The Bertz CT molecular complexity index is 630. The molecule has 0 radical (unpaired) electrons. The van der Waals surface area contributed by atoms with Crippen LogP contribution in [0.1, 0.15) is 36.4 Å². The summed E-state index contributed by atoms with van der Waals surface area (Å²) in [6, 6.07) is 3.40. The number of hydrogen-bond donors (Lipinski definition) is 2. The second-order valence-electron chi connectivity index (χ2n) is 6.19. The maximum absolute atomic E-state index is 13.2. The molecule has 3 rings (SSSR count). The van der Waals surface area contributed by atoms with Gasteiger partial charge in [0.15, 0.2) is 0 Å². The molecule has 1 fully saturated rings. The summed E-state index contributed by atoms with van der Waals surface area (Å²) in [5, 5.41) is 5.32. The molecule has 2 aliphatic rings. The molecule has 4 nitrogen and oxygen atoms in total. The second kappa shape index (κ2) is 7.78. The summed E-state index contributed by atoms with van der Waals surface area (Å²) in [7, 11) is 0. The van der Waals surface area contributed by atoms with E-state index in [2.05, 4.69) is 15.4 Å². The van der Waals surface area contributed by atoms with Gasteiger partial charge in [-0.15, -0.1) is 12.4 Å². The highest BCUT2D eigenvalue weighted by Crippen LogP contribution is 2.33. The van der Waals surface area contributed by atoms with Crippen LogP contribution in [0.4, 0.5) is 17.6 Å². The van der Waals surface area contributed by atoms with Gasteiger partial charge >= 0.3 is 6.61 Å². The van der Waals surface area contributed by atoms with Crippen molar-refractivity contribution in [1.29, 1.82) is 0 Å². The number of ether oxygens (including phenoxy) is 1. The largest absolute Gasteiger partial charge is 0.435 e. The summed E-state index contributed by atoms with van der Waals surface area (Å²) in [4.78, 5) is 12.2. The van der Waals surface area contributed by atoms with E-state index in [1.165, 1.54) is 6.07 Å². The number of rotatable bonds is 4. The van der Waals surface area contributed by atoms with Crippen molar-refractivity contribution in [2.24, 2.45) is 0 Å². The van der Waals surface area contributed by atoms with Gasteiger partial charge in [0.2, 0.25) is 5.91 Å². The fourth-order valence-electron chi connectivity index (χ4n) is 3.29. The van der Waals surface area contributed by atoms with Gasteiger partial charge in [-0.25, -0.2) is 8.78 Å². The molecule has 0 spiro atoms. The third-order valence-corrected chi connectivity index (χ3v) is 4.40. The lowest BCUT2D eigenvalue weighted by Gasteiger charge is -2.28. The SMILES string of the molecule is Cl.O=C(NC1CCCc2cc(OC(F)F)ccc21)C1CC(F)(F)CN1. The molecule has 1 aliphatic heterocycles. The van der Waals surface area contributed by atoms with Crippen LogP contribution in [0.5, 0.6) is 5.75 Å². The number of amides is 1. The van der Waals surface area contributed by atoms with E-state index in [1.807, 2.05) is 0 Å². The number of hydrogen-bond acceptors (Lipinski definition) is 3. The maximum Gasteiger partial charge on any atom is 0.387 e. The van der Waals surface area contributed by atoms with Crippen LogP contribution < -0.4 is 15.4 Å². The first-order chi connectivity index (χ1) is 11.3. The lowest BCUT2D eigenvalue weighted by atomic mass is 9.87. The van der Waals surface area contributed by atoms with Crippen LogP contribution in [-0.4, -0.2) is 31.0 Å². The molecule has 2 atom stereocenters. The van der Waals surface area contributed by atoms with E-state index in [9.17, 15) is 22.4 Å². The van der Waals surface area contributed by atoms with Crippen molar-refractivity contribution < 1.29 is 27.1 Å². The number of halogens is 5. The average Bonchev–Trinajstić information content (AvgIpc) is 2.87. The van der Waals surface area contributed by atoms with E-state index in [0.717, 1.165) is 17.5 Å². The highest BCUT2D eigenvalue weighted by atomic mass is 35.5. The van der Waals surface area contributed by atoms with Crippen LogP contribution in [0.2, 0.25) is 0 Å². The van der Waals surface area contributed by atoms with E-state index in [4.69, 9.17) is 0 Å². The van der Waals surface area contributed by atoms with Crippen LogP contribution in [0.3, 0.4) is 0 Å². The Morgan fingerprint density at radius 3 is 2.76 bits per heavy atom. The smallest absolute Gasteiger partial charge is 0.387 e. The molecule has 140 valence electrons. The topological polar surface area (TPSA) is 50.4 Å². The Hall–Kier alpha value is -1.54. The fourth-order valence-corrected chi connectivity index (χ4v) is 3.29. The Balaban J connectivity index is 0.00000225. The van der Waals surface area contributed by atoms with Crippen molar-refractivity contribution in [3.8, 4) is 5.75 Å². The molecule has 0 saturated carbocycles. The van der Waals surface area contributed by atoms with Gasteiger partial charge in [-0.05, 0) is 42.5 Å². The van der Waals surface area contributed by atoms with Gasteiger partial charge in [0.25, 0.3) is 5.92 Å². The van der Waals surface area contributed by atoms with Crippen molar-refractivity contribution >= 4 is 18.3 Å². The van der Waals surface area contributed by atoms with Crippen molar-refractivity contribution in [3.63, 3.8) is 0 Å². The van der Waals surface area contributed by atoms with Gasteiger partial charge < -0.3 is 10.1 Å². The standard InChI is InChI=1S/C16H18F4N2O2.ClH/c17-15(18)24-10-4-5-11-9(6-10)2-1-3-12(11)22-14(23)13-7-16(19,20)8-21-13;/h4-6,12-13,15,21H,1-3,7-8H2,(H,22,23);1H. The summed E-state index contributed by atoms with van der Waals surface area (Å²) in [6.07, 6.45) is 1.63. The van der Waals surface area contributed by atoms with Crippen LogP contribution in [0.15, 0.2) is 18.2 Å². The van der Waals surface area contributed by atoms with Crippen molar-refractivity contribution in [1.82, 2.24) is 10.6 Å². The van der Waals surface area contributed by atoms with Crippen LogP contribution in [0.25, 0.3) is 0 Å². The predicted molar refractivity (Wildman–Crippen MR) is 85.5 cm³/mol. The van der Waals surface area contributed by atoms with Crippen molar-refractivity contribution in [3.05, 3.63) is 29.3 Å². The zero-order chi connectivity index (χ0) is 17.3. The van der Waals surface area contributed by atoms with E-state index < -0.39 is 37.4 Å². The Morgan fingerprint density at radius 1 is 1.36 bits per heavy atom. The van der Waals surface area contributed by atoms with Gasteiger partial charge in [-0.1, -0.05) is 6.07 Å². The second-order valence-corrected chi connectivity index (χ2v) is 6.19. The van der Waals surface area contributed by atoms with Crippen molar-refractivity contribution in [2.75, 3.05) is 6.54 Å². The number of carbonyl (C=O) groups is 1. The molecule has 1 aromatic rings. The van der Waals surface area contributed by atoms with Crippen molar-refractivity contribution in [2.45, 2.75) is 50.3 Å². The lowest BCUT2D eigenvalue weighted by Crippen LogP contribution is -2.42. The minimum atomic E-state index is -2.89. The third-order valence-electron chi connectivity index (χ3n) is 4.40. The summed E-state index contributed by atoms with van der Waals surface area (Å²) in [5.41, 5.74) is 1.65. The molecule has 1 aliphatic carbocycles. The Morgan fingerprint density at radius 2 is 2.12 bits per heavy atom. The maximum atomic E-state index is 13.2. The molecule has 0 bridgehead atoms.